The van der Waals surface area contributed by atoms with Crippen molar-refractivity contribution in [2.24, 2.45) is 0 Å². The van der Waals surface area contributed by atoms with Crippen molar-refractivity contribution < 1.29 is 58.3 Å². The van der Waals surface area contributed by atoms with Crippen molar-refractivity contribution in [2.75, 3.05) is 19.8 Å². The first-order valence-electron chi connectivity index (χ1n) is 27.1. The lowest BCUT2D eigenvalue weighted by Crippen LogP contribution is -2.64. The standard InChI is InChI=1S/C55H99O12P/c1-3-5-7-9-11-13-15-17-19-21-23-25-26-28-30-32-34-36-38-40-42-44-49(56)66-48(47-65-68(62,63)67-55-53(60)51(58)50(57)52(59)54(55)61)46-64-45-43-41-39-37-35-33-31-29-27-24-22-20-18-16-14-12-10-8-6-4-2/h5,7,11,13,17-20,23,25,48,50-55,57-61H,3-4,6,8-10,12,14-16,21-22,24,26-47H2,1-2H3,(H,62,63)/b7-5-,13-11-,19-17-,20-18-,25-23-. The number of ether oxygens (including phenoxy) is 2. The Kier molecular flexibility index (Phi) is 42.3. The minimum Gasteiger partial charge on any atom is -0.457 e. The molecule has 0 radical (unpaired) electrons. The smallest absolute Gasteiger partial charge is 0.457 e. The average molecular weight is 983 g/mol. The van der Waals surface area contributed by atoms with Crippen molar-refractivity contribution in [1.82, 2.24) is 0 Å². The number of aliphatic hydroxyl groups is 5. The summed E-state index contributed by atoms with van der Waals surface area (Å²) in [6, 6.07) is 0. The molecule has 6 unspecified atom stereocenters. The SMILES string of the molecule is CC/C=C\C/C=C\C/C=C\C/C=C\CCCCCCCCCCC(=O)OC(COCCCCCCCCCCCC/C=C\CCCCCCCC)COP(=O)(O)OC1C(O)C(O)C(O)C(O)C1O. The summed E-state index contributed by atoms with van der Waals surface area (Å²) in [6.45, 7) is 4.16. The number of hydrogen-bond acceptors (Lipinski definition) is 11. The predicted molar refractivity (Wildman–Crippen MR) is 276 cm³/mol. The summed E-state index contributed by atoms with van der Waals surface area (Å²) in [5, 5.41) is 50.4. The van der Waals surface area contributed by atoms with Gasteiger partial charge in [0.2, 0.25) is 0 Å². The molecule has 0 spiro atoms. The highest BCUT2D eigenvalue weighted by Crippen LogP contribution is 2.47. The van der Waals surface area contributed by atoms with E-state index in [-0.39, 0.29) is 13.0 Å². The first-order valence-corrected chi connectivity index (χ1v) is 28.6. The highest BCUT2D eigenvalue weighted by molar-refractivity contribution is 7.47. The van der Waals surface area contributed by atoms with E-state index >= 15 is 0 Å². The van der Waals surface area contributed by atoms with Crippen LogP contribution in [0.4, 0.5) is 0 Å². The van der Waals surface area contributed by atoms with Crippen LogP contribution in [0.3, 0.4) is 0 Å². The number of phosphoric ester groups is 1. The highest BCUT2D eigenvalue weighted by atomic mass is 31.2. The predicted octanol–water partition coefficient (Wildman–Crippen LogP) is 12.5. The summed E-state index contributed by atoms with van der Waals surface area (Å²) in [5.41, 5.74) is 0. The molecule has 0 amide bonds. The third kappa shape index (κ3) is 36.0. The Morgan fingerprint density at radius 2 is 0.868 bits per heavy atom. The van der Waals surface area contributed by atoms with Crippen molar-refractivity contribution in [3.05, 3.63) is 60.8 Å². The van der Waals surface area contributed by atoms with Gasteiger partial charge in [0.25, 0.3) is 0 Å². The van der Waals surface area contributed by atoms with E-state index in [0.29, 0.717) is 13.0 Å². The molecule has 0 aliphatic heterocycles. The second-order valence-corrected chi connectivity index (χ2v) is 20.1. The lowest BCUT2D eigenvalue weighted by molar-refractivity contribution is -0.220. The zero-order valence-electron chi connectivity index (χ0n) is 42.6. The molecule has 1 aliphatic rings. The van der Waals surface area contributed by atoms with E-state index in [4.69, 9.17) is 18.5 Å². The number of phosphoric acid groups is 1. The molecule has 1 fully saturated rings. The molecule has 0 bridgehead atoms. The van der Waals surface area contributed by atoms with Crippen LogP contribution >= 0.6 is 7.82 Å². The minimum absolute atomic E-state index is 0.0821. The molecule has 1 saturated carbocycles. The van der Waals surface area contributed by atoms with Crippen LogP contribution in [0.25, 0.3) is 0 Å². The third-order valence-corrected chi connectivity index (χ3v) is 13.4. The summed E-state index contributed by atoms with van der Waals surface area (Å²) >= 11 is 0. The Morgan fingerprint density at radius 1 is 0.485 bits per heavy atom. The largest absolute Gasteiger partial charge is 0.472 e. The average Bonchev–Trinajstić information content (AvgIpc) is 3.32. The highest BCUT2D eigenvalue weighted by Gasteiger charge is 2.51. The van der Waals surface area contributed by atoms with E-state index in [1.54, 1.807) is 0 Å². The monoisotopic (exact) mass is 983 g/mol. The summed E-state index contributed by atoms with van der Waals surface area (Å²) in [7, 11) is -5.03. The molecular weight excluding hydrogens is 884 g/mol. The van der Waals surface area contributed by atoms with E-state index in [1.165, 1.54) is 116 Å². The van der Waals surface area contributed by atoms with E-state index < -0.39 is 63.1 Å². The number of hydrogen-bond donors (Lipinski definition) is 6. The van der Waals surface area contributed by atoms with Gasteiger partial charge in [-0.05, 0) is 77.0 Å². The topological polar surface area (TPSA) is 192 Å². The summed E-state index contributed by atoms with van der Waals surface area (Å²) in [5.74, 6) is -0.485. The zero-order chi connectivity index (χ0) is 49.8. The van der Waals surface area contributed by atoms with Crippen LogP contribution in [-0.2, 0) is 27.9 Å². The normalized spacial score (nSPS) is 21.6. The molecule has 1 rings (SSSR count). The number of unbranched alkanes of at least 4 members (excludes halogenated alkanes) is 24. The van der Waals surface area contributed by atoms with Gasteiger partial charge in [-0.1, -0.05) is 197 Å². The van der Waals surface area contributed by atoms with Gasteiger partial charge in [0.05, 0.1) is 13.2 Å². The third-order valence-electron chi connectivity index (χ3n) is 12.4. The molecule has 0 aromatic carbocycles. The molecule has 12 nitrogen and oxygen atoms in total. The molecule has 0 heterocycles. The fourth-order valence-electron chi connectivity index (χ4n) is 8.11. The van der Waals surface area contributed by atoms with E-state index in [9.17, 15) is 39.8 Å². The van der Waals surface area contributed by atoms with Crippen molar-refractivity contribution in [1.29, 1.82) is 0 Å². The number of allylic oxidation sites excluding steroid dienone is 10. The Hall–Kier alpha value is -1.96. The van der Waals surface area contributed by atoms with Gasteiger partial charge < -0.3 is 39.9 Å². The number of rotatable bonds is 46. The van der Waals surface area contributed by atoms with Gasteiger partial charge in [0.1, 0.15) is 42.7 Å². The van der Waals surface area contributed by atoms with E-state index in [1.807, 2.05) is 0 Å². The second kappa shape index (κ2) is 44.9. The van der Waals surface area contributed by atoms with Gasteiger partial charge in [0, 0.05) is 13.0 Å². The molecular formula is C55H99O12P. The quantitative estimate of drug-likeness (QED) is 0.0147. The van der Waals surface area contributed by atoms with E-state index in [0.717, 1.165) is 77.0 Å². The molecule has 0 aromatic heterocycles. The first kappa shape index (κ1) is 64.1. The Balaban J connectivity index is 2.32. The van der Waals surface area contributed by atoms with Crippen LogP contribution in [0, 0.1) is 0 Å². The lowest BCUT2D eigenvalue weighted by atomic mass is 9.85. The van der Waals surface area contributed by atoms with Gasteiger partial charge >= 0.3 is 13.8 Å². The molecule has 0 aromatic rings. The van der Waals surface area contributed by atoms with Gasteiger partial charge in [-0.25, -0.2) is 4.57 Å². The number of aliphatic hydroxyl groups excluding tert-OH is 5. The lowest BCUT2D eigenvalue weighted by Gasteiger charge is -2.41. The Morgan fingerprint density at radius 3 is 1.34 bits per heavy atom. The van der Waals surface area contributed by atoms with Crippen LogP contribution < -0.4 is 0 Å². The second-order valence-electron chi connectivity index (χ2n) is 18.7. The summed E-state index contributed by atoms with van der Waals surface area (Å²) in [4.78, 5) is 23.3. The van der Waals surface area contributed by atoms with Crippen LogP contribution in [0.1, 0.15) is 219 Å². The summed E-state index contributed by atoms with van der Waals surface area (Å²) in [6.07, 6.45) is 45.7. The van der Waals surface area contributed by atoms with Crippen LogP contribution in [0.15, 0.2) is 60.8 Å². The maximum atomic E-state index is 12.9. The van der Waals surface area contributed by atoms with Crippen molar-refractivity contribution in [2.45, 2.75) is 262 Å². The summed E-state index contributed by atoms with van der Waals surface area (Å²) < 4.78 is 34.4. The zero-order valence-corrected chi connectivity index (χ0v) is 43.5. The molecule has 0 saturated heterocycles. The van der Waals surface area contributed by atoms with Gasteiger partial charge in [-0.15, -0.1) is 0 Å². The van der Waals surface area contributed by atoms with E-state index in [2.05, 4.69) is 74.6 Å². The van der Waals surface area contributed by atoms with Crippen LogP contribution in [-0.4, -0.2) is 98.9 Å². The van der Waals surface area contributed by atoms with Gasteiger partial charge in [-0.2, -0.15) is 0 Å². The molecule has 6 N–H and O–H groups in total. The van der Waals surface area contributed by atoms with Crippen molar-refractivity contribution >= 4 is 13.8 Å². The molecule has 396 valence electrons. The number of carbonyl (C=O) groups excluding carboxylic acids is 1. The fraction of sp³-hybridized carbons (Fsp3) is 0.800. The fourth-order valence-corrected chi connectivity index (χ4v) is 9.08. The Bertz CT molecular complexity index is 1350. The van der Waals surface area contributed by atoms with Crippen LogP contribution in [0.2, 0.25) is 0 Å². The van der Waals surface area contributed by atoms with Crippen molar-refractivity contribution in [3.8, 4) is 0 Å². The number of carbonyl (C=O) groups is 1. The maximum absolute atomic E-state index is 12.9. The molecule has 1 aliphatic carbocycles. The van der Waals surface area contributed by atoms with Gasteiger partial charge in [0.15, 0.2) is 0 Å². The Labute approximate surface area is 413 Å². The minimum atomic E-state index is -5.03. The van der Waals surface area contributed by atoms with Crippen LogP contribution in [0.5, 0.6) is 0 Å². The van der Waals surface area contributed by atoms with Gasteiger partial charge in [-0.3, -0.25) is 13.8 Å². The van der Waals surface area contributed by atoms with Crippen molar-refractivity contribution in [3.63, 3.8) is 0 Å². The first-order chi connectivity index (χ1) is 33.0. The molecule has 68 heavy (non-hydrogen) atoms. The maximum Gasteiger partial charge on any atom is 0.472 e. The molecule has 6 atom stereocenters. The molecule has 13 heteroatoms. The number of esters is 1.